The third-order valence-electron chi connectivity index (χ3n) is 6.01. The average Bonchev–Trinajstić information content (AvgIpc) is 2.92. The van der Waals surface area contributed by atoms with Crippen molar-refractivity contribution in [2.24, 2.45) is 5.73 Å². The Morgan fingerprint density at radius 3 is 2.29 bits per heavy atom. The Morgan fingerprint density at radius 2 is 1.76 bits per heavy atom. The standard InChI is InChI=1S/C17H20F3N3O.C8H10FN.2C2H6/c1-10-7-12(15(21)17(18,19)20)16-22-13(8-14(24)23(16)9-10)11-5-3-2-4-6-11;1-3-7-6(2)4-5-8(9)10-7;2*1-2/h5,7-9,15-16,22H,2-4,6,21H2,1H3;3-5,7,10H,1H2,2H3;2*1-2H3. The van der Waals surface area contributed by atoms with E-state index in [2.05, 4.69) is 17.2 Å². The van der Waals surface area contributed by atoms with Crippen molar-refractivity contribution >= 4 is 5.91 Å². The number of fused-ring (bicyclic) bond motifs is 1. The highest BCUT2D eigenvalue weighted by Crippen LogP contribution is 2.33. The molecule has 4 rings (SSSR count). The molecule has 0 bridgehead atoms. The quantitative estimate of drug-likeness (QED) is 0.210. The van der Waals surface area contributed by atoms with Gasteiger partial charge in [-0.2, -0.15) is 17.6 Å². The minimum atomic E-state index is -4.56. The van der Waals surface area contributed by atoms with E-state index < -0.39 is 18.4 Å². The van der Waals surface area contributed by atoms with Crippen LogP contribution in [-0.4, -0.2) is 35.2 Å². The second-order valence-corrected chi connectivity index (χ2v) is 8.65. The number of dihydropyridines is 1. The van der Waals surface area contributed by atoms with Crippen LogP contribution in [-0.2, 0) is 4.79 Å². The smallest absolute Gasteiger partial charge is 0.361 e. The Hall–Kier alpha value is -3.07. The first-order valence-corrected chi connectivity index (χ1v) is 13.2. The van der Waals surface area contributed by atoms with Gasteiger partial charge in [0, 0.05) is 18.0 Å². The Balaban J connectivity index is 0.000000431. The van der Waals surface area contributed by atoms with Crippen LogP contribution in [0.15, 0.2) is 83.2 Å². The van der Waals surface area contributed by atoms with Gasteiger partial charge in [0.2, 0.25) is 0 Å². The Bertz CT molecular complexity index is 1020. The number of nitrogens with zero attached hydrogens (tertiary/aromatic N) is 1. The first-order chi connectivity index (χ1) is 18.0. The van der Waals surface area contributed by atoms with Gasteiger partial charge in [-0.3, -0.25) is 9.69 Å². The third-order valence-corrected chi connectivity index (χ3v) is 6.01. The van der Waals surface area contributed by atoms with E-state index in [9.17, 15) is 22.4 Å². The number of carbonyl (C=O) groups is 1. The second-order valence-electron chi connectivity index (χ2n) is 8.65. The molecule has 38 heavy (non-hydrogen) atoms. The summed E-state index contributed by atoms with van der Waals surface area (Å²) >= 11 is 0. The average molecular weight is 539 g/mol. The van der Waals surface area contributed by atoms with Gasteiger partial charge in [-0.05, 0) is 67.9 Å². The molecule has 3 atom stereocenters. The molecule has 0 spiro atoms. The van der Waals surface area contributed by atoms with Crippen LogP contribution in [0.1, 0.15) is 67.2 Å². The van der Waals surface area contributed by atoms with Gasteiger partial charge in [0.25, 0.3) is 5.91 Å². The molecule has 1 aliphatic carbocycles. The molecule has 0 aromatic carbocycles. The van der Waals surface area contributed by atoms with Crippen molar-refractivity contribution in [1.29, 1.82) is 0 Å². The molecule has 0 fully saturated rings. The highest BCUT2D eigenvalue weighted by Gasteiger charge is 2.45. The van der Waals surface area contributed by atoms with Crippen LogP contribution >= 0.6 is 0 Å². The highest BCUT2D eigenvalue weighted by atomic mass is 19.4. The van der Waals surface area contributed by atoms with Gasteiger partial charge in [-0.15, -0.1) is 6.58 Å². The summed E-state index contributed by atoms with van der Waals surface area (Å²) in [5.74, 6) is -0.630. The summed E-state index contributed by atoms with van der Waals surface area (Å²) in [7, 11) is 0. The molecular weight excluding hydrogens is 496 g/mol. The fraction of sp³-hybridized carbons (Fsp3) is 0.483. The minimum Gasteiger partial charge on any atom is -0.361 e. The Morgan fingerprint density at radius 1 is 1.11 bits per heavy atom. The zero-order valence-electron chi connectivity index (χ0n) is 23.3. The highest BCUT2D eigenvalue weighted by molar-refractivity contribution is 5.91. The van der Waals surface area contributed by atoms with Crippen LogP contribution in [0.25, 0.3) is 0 Å². The summed E-state index contributed by atoms with van der Waals surface area (Å²) in [4.78, 5) is 13.7. The molecule has 3 unspecified atom stereocenters. The van der Waals surface area contributed by atoms with E-state index >= 15 is 0 Å². The molecule has 4 aliphatic rings. The topological polar surface area (TPSA) is 70.4 Å². The lowest BCUT2D eigenvalue weighted by atomic mass is 9.92. The lowest BCUT2D eigenvalue weighted by molar-refractivity contribution is -0.143. The second kappa shape index (κ2) is 15.4. The zero-order valence-corrected chi connectivity index (χ0v) is 23.3. The maximum absolute atomic E-state index is 13.1. The van der Waals surface area contributed by atoms with Crippen LogP contribution < -0.4 is 16.4 Å². The van der Waals surface area contributed by atoms with E-state index in [0.29, 0.717) is 11.3 Å². The number of halogens is 4. The number of hydrogen-bond acceptors (Lipinski definition) is 4. The van der Waals surface area contributed by atoms with Crippen molar-refractivity contribution in [3.63, 3.8) is 0 Å². The van der Waals surface area contributed by atoms with E-state index in [1.54, 1.807) is 25.3 Å². The number of allylic oxidation sites excluding steroid dienone is 6. The summed E-state index contributed by atoms with van der Waals surface area (Å²) in [5, 5.41) is 5.71. The number of carbonyl (C=O) groups excluding carboxylic acids is 1. The van der Waals surface area contributed by atoms with Crippen LogP contribution in [0.4, 0.5) is 17.6 Å². The van der Waals surface area contributed by atoms with E-state index in [1.165, 1.54) is 23.1 Å². The zero-order chi connectivity index (χ0) is 29.0. The molecule has 212 valence electrons. The Labute approximate surface area is 224 Å². The largest absolute Gasteiger partial charge is 0.407 e. The molecule has 1 amide bonds. The Kier molecular flexibility index (Phi) is 13.3. The first kappa shape index (κ1) is 33.0. The van der Waals surface area contributed by atoms with Crippen molar-refractivity contribution in [1.82, 2.24) is 15.5 Å². The van der Waals surface area contributed by atoms with E-state index in [-0.39, 0.29) is 23.5 Å². The summed E-state index contributed by atoms with van der Waals surface area (Å²) in [6, 6.07) is -2.15. The first-order valence-electron chi connectivity index (χ1n) is 13.2. The summed E-state index contributed by atoms with van der Waals surface area (Å²) < 4.78 is 51.8. The maximum atomic E-state index is 13.1. The van der Waals surface area contributed by atoms with Crippen molar-refractivity contribution in [3.8, 4) is 0 Å². The molecular formula is C29H42F4N4O. The third kappa shape index (κ3) is 8.75. The normalized spacial score (nSPS) is 23.0. The van der Waals surface area contributed by atoms with Gasteiger partial charge in [0.15, 0.2) is 5.95 Å². The molecule has 0 radical (unpaired) electrons. The number of hydrogen-bond donors (Lipinski definition) is 3. The SMILES string of the molecule is C=CC1NC(F)=CC=C1C.CC.CC.CC1=CN2C(=O)C=C(C3=CCCCC3)NC2C(C(N)C(F)(F)F)=C1. The van der Waals surface area contributed by atoms with E-state index in [4.69, 9.17) is 5.73 Å². The van der Waals surface area contributed by atoms with Gasteiger partial charge in [0.05, 0.1) is 6.04 Å². The fourth-order valence-corrected chi connectivity index (χ4v) is 4.14. The van der Waals surface area contributed by atoms with Crippen LogP contribution in [0, 0.1) is 0 Å². The van der Waals surface area contributed by atoms with Gasteiger partial charge in [-0.1, -0.05) is 52.0 Å². The van der Waals surface area contributed by atoms with Crippen molar-refractivity contribution in [2.45, 2.75) is 91.7 Å². The van der Waals surface area contributed by atoms with Gasteiger partial charge < -0.3 is 16.4 Å². The predicted octanol–water partition coefficient (Wildman–Crippen LogP) is 6.82. The minimum absolute atomic E-state index is 0.0370. The lowest BCUT2D eigenvalue weighted by Gasteiger charge is -2.41. The number of alkyl halides is 3. The van der Waals surface area contributed by atoms with Gasteiger partial charge in [-0.25, -0.2) is 0 Å². The molecule has 9 heteroatoms. The van der Waals surface area contributed by atoms with Crippen molar-refractivity contribution in [3.05, 3.63) is 83.2 Å². The molecule has 3 heterocycles. The number of rotatable bonds is 3. The predicted molar refractivity (Wildman–Crippen MR) is 147 cm³/mol. The van der Waals surface area contributed by atoms with E-state index in [0.717, 1.165) is 36.8 Å². The van der Waals surface area contributed by atoms with Crippen LogP contribution in [0.5, 0.6) is 0 Å². The molecule has 0 saturated carbocycles. The molecule has 5 nitrogen and oxygen atoms in total. The summed E-state index contributed by atoms with van der Waals surface area (Å²) in [6.07, 6.45) is 9.68. The number of amides is 1. The molecule has 0 aromatic heterocycles. The lowest BCUT2D eigenvalue weighted by Crippen LogP contribution is -2.56. The van der Waals surface area contributed by atoms with Crippen LogP contribution in [0.2, 0.25) is 0 Å². The van der Waals surface area contributed by atoms with Crippen molar-refractivity contribution in [2.75, 3.05) is 0 Å². The molecule has 0 saturated heterocycles. The van der Waals surface area contributed by atoms with Crippen molar-refractivity contribution < 1.29 is 22.4 Å². The summed E-state index contributed by atoms with van der Waals surface area (Å²) in [5.41, 5.74) is 8.62. The number of nitrogens with one attached hydrogen (secondary N) is 2. The molecule has 3 aliphatic heterocycles. The van der Waals surface area contributed by atoms with Gasteiger partial charge in [0.1, 0.15) is 12.2 Å². The fourth-order valence-electron chi connectivity index (χ4n) is 4.14. The van der Waals surface area contributed by atoms with Gasteiger partial charge >= 0.3 is 6.18 Å². The van der Waals surface area contributed by atoms with Crippen LogP contribution in [0.3, 0.4) is 0 Å². The summed E-state index contributed by atoms with van der Waals surface area (Å²) in [6.45, 7) is 15.2. The maximum Gasteiger partial charge on any atom is 0.407 e. The molecule has 4 N–H and O–H groups in total. The van der Waals surface area contributed by atoms with E-state index in [1.807, 2.05) is 40.7 Å². The monoisotopic (exact) mass is 538 g/mol. The molecule has 0 aromatic rings. The number of nitrogens with two attached hydrogens (primary N) is 1.